The van der Waals surface area contributed by atoms with Crippen LogP contribution >= 0.6 is 12.4 Å². The monoisotopic (exact) mass is 273 g/mol. The number of benzene rings is 1. The average Bonchev–Trinajstić information content (AvgIpc) is 2.34. The largest absolute Gasteiger partial charge is 0.496 e. The van der Waals surface area contributed by atoms with E-state index in [9.17, 15) is 5.11 Å². The van der Waals surface area contributed by atoms with E-state index in [0.717, 1.165) is 36.1 Å². The van der Waals surface area contributed by atoms with E-state index in [2.05, 4.69) is 6.92 Å². The molecule has 0 heterocycles. The number of aliphatic hydroxyl groups is 1. The van der Waals surface area contributed by atoms with Gasteiger partial charge in [-0.15, -0.1) is 12.4 Å². The number of methoxy groups -OCH3 is 1. The molecule has 1 aromatic rings. The number of hydrogen-bond donors (Lipinski definition) is 2. The van der Waals surface area contributed by atoms with E-state index in [4.69, 9.17) is 10.5 Å². The second kappa shape index (κ2) is 8.35. The summed E-state index contributed by atoms with van der Waals surface area (Å²) in [6.07, 6.45) is 2.36. The molecular weight excluding hydrogens is 250 g/mol. The summed E-state index contributed by atoms with van der Waals surface area (Å²) in [7, 11) is 1.65. The van der Waals surface area contributed by atoms with Gasteiger partial charge in [0.15, 0.2) is 0 Å². The Morgan fingerprint density at radius 1 is 1.39 bits per heavy atom. The van der Waals surface area contributed by atoms with Crippen LogP contribution in [0.5, 0.6) is 5.75 Å². The van der Waals surface area contributed by atoms with Gasteiger partial charge in [-0.2, -0.15) is 0 Å². The van der Waals surface area contributed by atoms with Gasteiger partial charge in [0.25, 0.3) is 0 Å². The lowest BCUT2D eigenvalue weighted by Gasteiger charge is -2.20. The van der Waals surface area contributed by atoms with Gasteiger partial charge in [-0.05, 0) is 30.5 Å². The van der Waals surface area contributed by atoms with Crippen LogP contribution in [0.3, 0.4) is 0 Å². The van der Waals surface area contributed by atoms with E-state index in [-0.39, 0.29) is 18.4 Å². The minimum Gasteiger partial charge on any atom is -0.496 e. The topological polar surface area (TPSA) is 55.5 Å². The predicted molar refractivity (Wildman–Crippen MR) is 77.4 cm³/mol. The molecular formula is C14H24ClNO2. The van der Waals surface area contributed by atoms with Crippen LogP contribution in [-0.2, 0) is 0 Å². The quantitative estimate of drug-likeness (QED) is 0.838. The van der Waals surface area contributed by atoms with Gasteiger partial charge in [-0.3, -0.25) is 0 Å². The fraction of sp³-hybridized carbons (Fsp3) is 0.571. The molecule has 0 aliphatic carbocycles. The fourth-order valence-electron chi connectivity index (χ4n) is 1.92. The van der Waals surface area contributed by atoms with Crippen LogP contribution in [0.1, 0.15) is 43.4 Å². The predicted octanol–water partition coefficient (Wildman–Crippen LogP) is 2.98. The fourth-order valence-corrected chi connectivity index (χ4v) is 1.92. The van der Waals surface area contributed by atoms with E-state index >= 15 is 0 Å². The van der Waals surface area contributed by atoms with Crippen LogP contribution in [-0.4, -0.2) is 18.3 Å². The third-order valence-electron chi connectivity index (χ3n) is 3.07. The molecule has 0 spiro atoms. The van der Waals surface area contributed by atoms with Gasteiger partial charge < -0.3 is 15.6 Å². The summed E-state index contributed by atoms with van der Waals surface area (Å²) in [5, 5.41) is 9.96. The summed E-state index contributed by atoms with van der Waals surface area (Å²) in [5.74, 6) is 0.851. The van der Waals surface area contributed by atoms with Crippen molar-refractivity contribution in [1.29, 1.82) is 0 Å². The summed E-state index contributed by atoms with van der Waals surface area (Å²) < 4.78 is 5.20. The van der Waals surface area contributed by atoms with E-state index in [1.54, 1.807) is 7.11 Å². The Kier molecular flexibility index (Phi) is 8.00. The number of nitrogens with two attached hydrogens (primary N) is 1. The SMILES string of the molecule is CCCC[C@H](O)[C@H](N)c1ccc(OC)c(C)c1.Cl. The molecule has 1 rings (SSSR count). The standard InChI is InChI=1S/C14H23NO2.ClH/c1-4-5-6-12(16)14(15)11-7-8-13(17-3)10(2)9-11;/h7-9,12,14,16H,4-6,15H2,1-3H3;1H/t12-,14+;/m0./s1. The molecule has 0 saturated carbocycles. The van der Waals surface area contributed by atoms with Crippen LogP contribution in [0.4, 0.5) is 0 Å². The first-order valence-electron chi connectivity index (χ1n) is 6.18. The van der Waals surface area contributed by atoms with Crippen molar-refractivity contribution in [3.63, 3.8) is 0 Å². The number of unbranched alkanes of at least 4 members (excludes halogenated alkanes) is 1. The van der Waals surface area contributed by atoms with Crippen LogP contribution < -0.4 is 10.5 Å². The van der Waals surface area contributed by atoms with E-state index in [0.29, 0.717) is 0 Å². The van der Waals surface area contributed by atoms with Crippen LogP contribution in [0.15, 0.2) is 18.2 Å². The Labute approximate surface area is 116 Å². The highest BCUT2D eigenvalue weighted by atomic mass is 35.5. The second-order valence-electron chi connectivity index (χ2n) is 4.46. The molecule has 1 aromatic carbocycles. The minimum absolute atomic E-state index is 0. The zero-order valence-corrected chi connectivity index (χ0v) is 12.2. The Hall–Kier alpha value is -0.770. The smallest absolute Gasteiger partial charge is 0.121 e. The van der Waals surface area contributed by atoms with Crippen LogP contribution in [0.2, 0.25) is 0 Å². The zero-order valence-electron chi connectivity index (χ0n) is 11.3. The van der Waals surface area contributed by atoms with Gasteiger partial charge in [0, 0.05) is 0 Å². The van der Waals surface area contributed by atoms with E-state index in [1.807, 2.05) is 25.1 Å². The molecule has 0 aliphatic rings. The first-order valence-corrected chi connectivity index (χ1v) is 6.18. The van der Waals surface area contributed by atoms with Crippen molar-refractivity contribution in [3.05, 3.63) is 29.3 Å². The van der Waals surface area contributed by atoms with Gasteiger partial charge in [-0.25, -0.2) is 0 Å². The Morgan fingerprint density at radius 2 is 2.06 bits per heavy atom. The maximum absolute atomic E-state index is 9.96. The molecule has 0 amide bonds. The number of hydrogen-bond acceptors (Lipinski definition) is 3. The molecule has 0 bridgehead atoms. The molecule has 0 aliphatic heterocycles. The highest BCUT2D eigenvalue weighted by molar-refractivity contribution is 5.85. The van der Waals surface area contributed by atoms with Crippen LogP contribution in [0, 0.1) is 6.92 Å². The second-order valence-corrected chi connectivity index (χ2v) is 4.46. The summed E-state index contributed by atoms with van der Waals surface area (Å²) in [5.41, 5.74) is 8.06. The van der Waals surface area contributed by atoms with Gasteiger partial charge in [-0.1, -0.05) is 31.9 Å². The Balaban J connectivity index is 0.00000289. The molecule has 0 unspecified atom stereocenters. The van der Waals surface area contributed by atoms with Crippen molar-refractivity contribution in [1.82, 2.24) is 0 Å². The summed E-state index contributed by atoms with van der Waals surface area (Å²) in [6, 6.07) is 5.49. The third kappa shape index (κ3) is 4.48. The van der Waals surface area contributed by atoms with Crippen molar-refractivity contribution in [2.45, 2.75) is 45.3 Å². The van der Waals surface area contributed by atoms with Gasteiger partial charge >= 0.3 is 0 Å². The van der Waals surface area contributed by atoms with Crippen LogP contribution in [0.25, 0.3) is 0 Å². The lowest BCUT2D eigenvalue weighted by atomic mass is 9.97. The third-order valence-corrected chi connectivity index (χ3v) is 3.07. The van der Waals surface area contributed by atoms with E-state index in [1.165, 1.54) is 0 Å². The molecule has 104 valence electrons. The van der Waals surface area contributed by atoms with E-state index < -0.39 is 6.10 Å². The molecule has 4 heteroatoms. The molecule has 2 atom stereocenters. The number of ether oxygens (including phenoxy) is 1. The molecule has 18 heavy (non-hydrogen) atoms. The maximum atomic E-state index is 9.96. The van der Waals surface area contributed by atoms with Crippen molar-refractivity contribution >= 4 is 12.4 Å². The highest BCUT2D eigenvalue weighted by Gasteiger charge is 2.16. The number of aryl methyl sites for hydroxylation is 1. The van der Waals surface area contributed by atoms with Gasteiger partial charge in [0.05, 0.1) is 19.3 Å². The minimum atomic E-state index is -0.470. The molecule has 3 nitrogen and oxygen atoms in total. The molecule has 0 saturated heterocycles. The Morgan fingerprint density at radius 3 is 2.56 bits per heavy atom. The lowest BCUT2D eigenvalue weighted by Crippen LogP contribution is -2.26. The lowest BCUT2D eigenvalue weighted by molar-refractivity contribution is 0.132. The zero-order chi connectivity index (χ0) is 12.8. The summed E-state index contributed by atoms with van der Waals surface area (Å²) in [6.45, 7) is 4.09. The average molecular weight is 274 g/mol. The number of aliphatic hydroxyl groups excluding tert-OH is 1. The first kappa shape index (κ1) is 17.2. The molecule has 3 N–H and O–H groups in total. The summed E-state index contributed by atoms with van der Waals surface area (Å²) in [4.78, 5) is 0. The molecule has 0 fully saturated rings. The molecule has 0 aromatic heterocycles. The number of rotatable bonds is 6. The molecule has 0 radical (unpaired) electrons. The number of halogens is 1. The van der Waals surface area contributed by atoms with Gasteiger partial charge in [0.2, 0.25) is 0 Å². The first-order chi connectivity index (χ1) is 8.10. The normalized spacial score (nSPS) is 13.6. The van der Waals surface area contributed by atoms with Crippen molar-refractivity contribution in [3.8, 4) is 5.75 Å². The van der Waals surface area contributed by atoms with Crippen molar-refractivity contribution in [2.24, 2.45) is 5.73 Å². The van der Waals surface area contributed by atoms with Crippen molar-refractivity contribution < 1.29 is 9.84 Å². The maximum Gasteiger partial charge on any atom is 0.121 e. The summed E-state index contributed by atoms with van der Waals surface area (Å²) >= 11 is 0. The van der Waals surface area contributed by atoms with Crippen molar-refractivity contribution in [2.75, 3.05) is 7.11 Å². The highest BCUT2D eigenvalue weighted by Crippen LogP contribution is 2.24. The Bertz CT molecular complexity index is 358. The van der Waals surface area contributed by atoms with Gasteiger partial charge in [0.1, 0.15) is 5.75 Å².